The minimum absolute atomic E-state index is 0.105. The van der Waals surface area contributed by atoms with E-state index in [1.165, 1.54) is 31.2 Å². The van der Waals surface area contributed by atoms with Crippen LogP contribution in [-0.2, 0) is 10.2 Å². The van der Waals surface area contributed by atoms with Gasteiger partial charge in [-0.3, -0.25) is 9.78 Å². The van der Waals surface area contributed by atoms with Gasteiger partial charge < -0.3 is 5.32 Å². The van der Waals surface area contributed by atoms with Crippen molar-refractivity contribution in [2.24, 2.45) is 5.92 Å². The van der Waals surface area contributed by atoms with Gasteiger partial charge in [-0.05, 0) is 54.7 Å². The summed E-state index contributed by atoms with van der Waals surface area (Å²) in [5.41, 5.74) is 3.41. The lowest BCUT2D eigenvalue weighted by molar-refractivity contribution is -0.117. The third kappa shape index (κ3) is 4.67. The number of nitrogens with one attached hydrogen (secondary N) is 1. The van der Waals surface area contributed by atoms with E-state index in [9.17, 15) is 4.79 Å². The molecule has 1 aliphatic rings. The molecular weight excluding hydrogens is 356 g/mol. The molecule has 1 unspecified atom stereocenters. The Morgan fingerprint density at radius 2 is 1.86 bits per heavy atom. The van der Waals surface area contributed by atoms with Crippen molar-refractivity contribution in [3.8, 4) is 0 Å². The van der Waals surface area contributed by atoms with Crippen molar-refractivity contribution in [1.82, 2.24) is 4.98 Å². The highest BCUT2D eigenvalue weighted by molar-refractivity contribution is 6.00. The molecule has 3 heteroatoms. The molecule has 1 heterocycles. The summed E-state index contributed by atoms with van der Waals surface area (Å²) < 4.78 is 0. The zero-order chi connectivity index (χ0) is 20.1. The van der Waals surface area contributed by atoms with Crippen LogP contribution >= 0.6 is 0 Å². The average Bonchev–Trinajstić information content (AvgIpc) is 3.53. The molecule has 29 heavy (non-hydrogen) atoms. The molecule has 1 aromatic heterocycles. The minimum atomic E-state index is 0.105. The van der Waals surface area contributed by atoms with Crippen LogP contribution in [0.5, 0.6) is 0 Å². The fourth-order valence-electron chi connectivity index (χ4n) is 4.54. The molecule has 1 amide bonds. The van der Waals surface area contributed by atoms with Crippen molar-refractivity contribution in [2.75, 3.05) is 5.32 Å². The molecule has 0 aliphatic heterocycles. The van der Waals surface area contributed by atoms with E-state index in [0.29, 0.717) is 17.8 Å². The Morgan fingerprint density at radius 1 is 1.07 bits per heavy atom. The van der Waals surface area contributed by atoms with E-state index in [0.717, 1.165) is 29.4 Å². The van der Waals surface area contributed by atoms with E-state index >= 15 is 0 Å². The Bertz CT molecular complexity index is 957. The summed E-state index contributed by atoms with van der Waals surface area (Å²) in [4.78, 5) is 17.4. The van der Waals surface area contributed by atoms with Crippen molar-refractivity contribution >= 4 is 22.5 Å². The molecule has 2 aromatic carbocycles. The summed E-state index contributed by atoms with van der Waals surface area (Å²) in [5, 5.41) is 4.19. The van der Waals surface area contributed by atoms with Gasteiger partial charge in [-0.2, -0.15) is 0 Å². The Hall–Kier alpha value is -2.68. The van der Waals surface area contributed by atoms with E-state index in [4.69, 9.17) is 0 Å². The van der Waals surface area contributed by atoms with Crippen LogP contribution in [0.25, 0.3) is 10.9 Å². The summed E-state index contributed by atoms with van der Waals surface area (Å²) in [6, 6.07) is 20.8. The normalized spacial score (nSPS) is 15.8. The number of hydrogen-bond donors (Lipinski definition) is 1. The van der Waals surface area contributed by atoms with Crippen LogP contribution in [0.1, 0.15) is 57.4 Å². The summed E-state index contributed by atoms with van der Waals surface area (Å²) >= 11 is 0. The number of pyridine rings is 1. The number of carbonyl (C=O) groups excluding carboxylic acids is 1. The summed E-state index contributed by atoms with van der Waals surface area (Å²) in [6.07, 6.45) is 9.42. The highest BCUT2D eigenvalue weighted by Gasteiger charge is 2.45. The van der Waals surface area contributed by atoms with Gasteiger partial charge in [0.1, 0.15) is 0 Å². The molecule has 0 bridgehead atoms. The lowest BCUT2D eigenvalue weighted by Crippen LogP contribution is -2.21. The molecule has 3 aromatic rings. The number of amides is 1. The lowest BCUT2D eigenvalue weighted by atomic mass is 9.82. The number of fused-ring (bicyclic) bond motifs is 1. The second-order valence-corrected chi connectivity index (χ2v) is 8.49. The molecule has 0 radical (unpaired) electrons. The van der Waals surface area contributed by atoms with Crippen molar-refractivity contribution in [1.29, 1.82) is 0 Å². The van der Waals surface area contributed by atoms with E-state index in [1.54, 1.807) is 6.20 Å². The molecular formula is C26H30N2O. The van der Waals surface area contributed by atoms with Gasteiger partial charge in [0.05, 0.1) is 11.2 Å². The first-order valence-electron chi connectivity index (χ1n) is 10.9. The number of benzene rings is 2. The molecule has 0 spiro atoms. The van der Waals surface area contributed by atoms with Gasteiger partial charge in [0.15, 0.2) is 0 Å². The van der Waals surface area contributed by atoms with Gasteiger partial charge in [-0.1, -0.05) is 68.3 Å². The van der Waals surface area contributed by atoms with Crippen molar-refractivity contribution in [2.45, 2.75) is 57.3 Å². The number of nitrogens with zero attached hydrogens (tertiary/aromatic N) is 1. The van der Waals surface area contributed by atoms with Crippen LogP contribution in [0.3, 0.4) is 0 Å². The molecule has 4 rings (SSSR count). The quantitative estimate of drug-likeness (QED) is 0.456. The van der Waals surface area contributed by atoms with Crippen molar-refractivity contribution in [3.63, 3.8) is 0 Å². The van der Waals surface area contributed by atoms with Crippen LogP contribution in [-0.4, -0.2) is 10.9 Å². The summed E-state index contributed by atoms with van der Waals surface area (Å²) in [5.74, 6) is 0.522. The van der Waals surface area contributed by atoms with Crippen molar-refractivity contribution < 1.29 is 4.79 Å². The number of unbranched alkanes of at least 4 members (excludes halogenated alkanes) is 1. The smallest absolute Gasteiger partial charge is 0.224 e. The Labute approximate surface area is 173 Å². The maximum atomic E-state index is 12.9. The third-order valence-electron chi connectivity index (χ3n) is 6.27. The number of para-hydroxylation sites is 1. The van der Waals surface area contributed by atoms with Gasteiger partial charge in [-0.25, -0.2) is 0 Å². The number of hydrogen-bond acceptors (Lipinski definition) is 2. The zero-order valence-electron chi connectivity index (χ0n) is 17.2. The van der Waals surface area contributed by atoms with Crippen LogP contribution in [0, 0.1) is 5.92 Å². The first-order chi connectivity index (χ1) is 14.2. The molecule has 1 saturated carbocycles. The minimum Gasteiger partial charge on any atom is -0.324 e. The number of anilines is 1. The standard InChI is InChI=1S/C26H30N2O/c1-2-3-9-20(19-26(15-16-26)22-12-5-4-6-13-22)18-24(29)28-23-14-7-10-21-11-8-17-27-25(21)23/h4-8,10-14,17,20H,2-3,9,15-16,18-19H2,1H3,(H,28,29). The third-order valence-corrected chi connectivity index (χ3v) is 6.27. The van der Waals surface area contributed by atoms with Gasteiger partial charge in [-0.15, -0.1) is 0 Å². The maximum absolute atomic E-state index is 12.9. The topological polar surface area (TPSA) is 42.0 Å². The maximum Gasteiger partial charge on any atom is 0.224 e. The fourth-order valence-corrected chi connectivity index (χ4v) is 4.54. The molecule has 1 fully saturated rings. The lowest BCUT2D eigenvalue weighted by Gasteiger charge is -2.23. The Balaban J connectivity index is 1.46. The molecule has 1 atom stereocenters. The predicted molar refractivity (Wildman–Crippen MR) is 120 cm³/mol. The van der Waals surface area contributed by atoms with E-state index in [2.05, 4.69) is 47.6 Å². The molecule has 1 aliphatic carbocycles. The molecule has 1 N–H and O–H groups in total. The number of carbonyl (C=O) groups is 1. The SMILES string of the molecule is CCCCC(CC(=O)Nc1cccc2cccnc12)CC1(c2ccccc2)CC1. The molecule has 3 nitrogen and oxygen atoms in total. The molecule has 0 saturated heterocycles. The first-order valence-corrected chi connectivity index (χ1v) is 10.9. The predicted octanol–water partition coefficient (Wildman–Crippen LogP) is 6.49. The Kier molecular flexibility index (Phi) is 5.94. The van der Waals surface area contributed by atoms with Crippen LogP contribution in [0.15, 0.2) is 66.9 Å². The van der Waals surface area contributed by atoms with Crippen LogP contribution < -0.4 is 5.32 Å². The van der Waals surface area contributed by atoms with E-state index in [-0.39, 0.29) is 5.91 Å². The van der Waals surface area contributed by atoms with Gasteiger partial charge in [0, 0.05) is 18.0 Å². The number of aromatic nitrogens is 1. The summed E-state index contributed by atoms with van der Waals surface area (Å²) in [6.45, 7) is 2.23. The average molecular weight is 387 g/mol. The zero-order valence-corrected chi connectivity index (χ0v) is 17.2. The van der Waals surface area contributed by atoms with Crippen LogP contribution in [0.2, 0.25) is 0 Å². The summed E-state index contributed by atoms with van der Waals surface area (Å²) in [7, 11) is 0. The monoisotopic (exact) mass is 386 g/mol. The highest BCUT2D eigenvalue weighted by atomic mass is 16.1. The van der Waals surface area contributed by atoms with E-state index in [1.807, 2.05) is 30.3 Å². The first kappa shape index (κ1) is 19.6. The second-order valence-electron chi connectivity index (χ2n) is 8.49. The highest BCUT2D eigenvalue weighted by Crippen LogP contribution is 2.53. The van der Waals surface area contributed by atoms with Gasteiger partial charge in [0.2, 0.25) is 5.91 Å². The van der Waals surface area contributed by atoms with Crippen LogP contribution in [0.4, 0.5) is 5.69 Å². The second kappa shape index (κ2) is 8.77. The fraction of sp³-hybridized carbons (Fsp3) is 0.385. The number of rotatable bonds is 9. The van der Waals surface area contributed by atoms with Gasteiger partial charge in [0.25, 0.3) is 0 Å². The molecule has 150 valence electrons. The van der Waals surface area contributed by atoms with Gasteiger partial charge >= 0.3 is 0 Å². The largest absolute Gasteiger partial charge is 0.324 e. The Morgan fingerprint density at radius 3 is 2.62 bits per heavy atom. The van der Waals surface area contributed by atoms with Crippen molar-refractivity contribution in [3.05, 3.63) is 72.4 Å². The van der Waals surface area contributed by atoms with E-state index < -0.39 is 0 Å².